The smallest absolute Gasteiger partial charge is 0.338 e. The first-order chi connectivity index (χ1) is 22.2. The third kappa shape index (κ3) is 8.93. The molecule has 0 saturated carbocycles. The normalized spacial score (nSPS) is 21.6. The third-order valence-corrected chi connectivity index (χ3v) is 7.66. The van der Waals surface area contributed by atoms with Gasteiger partial charge in [-0.3, -0.25) is 4.79 Å². The molecule has 47 heavy (non-hydrogen) atoms. The van der Waals surface area contributed by atoms with Crippen molar-refractivity contribution in [1.82, 2.24) is 0 Å². The van der Waals surface area contributed by atoms with Gasteiger partial charge in [0.25, 0.3) is 0 Å². The van der Waals surface area contributed by atoms with Crippen LogP contribution in [0.2, 0.25) is 0 Å². The Labute approximate surface area is 267 Å². The van der Waals surface area contributed by atoms with E-state index in [-0.39, 0.29) is 66.4 Å². The number of hydrogen-bond donors (Lipinski definition) is 10. The maximum absolute atomic E-state index is 13.0. The highest BCUT2D eigenvalue weighted by Crippen LogP contribution is 2.36. The highest BCUT2D eigenvalue weighted by atomic mass is 16.7. The number of carbonyl (C=O) groups is 2. The van der Waals surface area contributed by atoms with E-state index in [0.29, 0.717) is 11.1 Å². The second-order valence-electron chi connectivity index (χ2n) is 11.2. The van der Waals surface area contributed by atoms with Gasteiger partial charge in [0.1, 0.15) is 36.8 Å². The number of aliphatic hydroxyl groups excluding tert-OH is 3. The molecule has 1 aliphatic heterocycles. The predicted molar refractivity (Wildman–Crippen MR) is 159 cm³/mol. The van der Waals surface area contributed by atoms with Crippen molar-refractivity contribution in [1.29, 1.82) is 0 Å². The number of esters is 1. The number of hydrogen-bond acceptors (Lipinski definition) is 15. The molecule has 6 atom stereocenters. The number of phenols is 7. The summed E-state index contributed by atoms with van der Waals surface area (Å²) >= 11 is 0. The average molecular weight is 661 g/mol. The molecule has 15 nitrogen and oxygen atoms in total. The molecule has 0 amide bonds. The molecular formula is C32H36O15. The first-order valence-corrected chi connectivity index (χ1v) is 14.5. The molecule has 0 bridgehead atoms. The van der Waals surface area contributed by atoms with Crippen molar-refractivity contribution in [3.05, 3.63) is 65.2 Å². The number of ketones is 1. The molecule has 1 aliphatic rings. The standard InChI is InChI=1S/C32H36O15/c33-18(5-1-15-3-7-20(34)22(36)9-15)13-19(6-2-16-4-8-21(35)23(37)10-16)46-32-30(43)29(42)28(41)26(47-32)14-45-31(44)17-11-24(38)27(40)25(39)12-17/h3-4,7-12,19,26,28-30,32,34-43H,1-2,5-6,13-14H2/t19-,26+,28+,29-,30+,32+/m0/s1. The maximum atomic E-state index is 13.0. The van der Waals surface area contributed by atoms with Crippen LogP contribution in [0.4, 0.5) is 0 Å². The number of aromatic hydroxyl groups is 7. The molecule has 1 saturated heterocycles. The molecule has 0 radical (unpaired) electrons. The zero-order valence-corrected chi connectivity index (χ0v) is 24.8. The minimum absolute atomic E-state index is 0.0143. The molecule has 254 valence electrons. The van der Waals surface area contributed by atoms with E-state index in [9.17, 15) is 60.7 Å². The number of ether oxygens (including phenoxy) is 3. The van der Waals surface area contributed by atoms with E-state index in [2.05, 4.69) is 0 Å². The number of benzene rings is 3. The summed E-state index contributed by atoms with van der Waals surface area (Å²) in [5, 5.41) is 99.2. The Hall–Kier alpha value is -4.80. The number of aryl methyl sites for hydroxylation is 2. The highest BCUT2D eigenvalue weighted by molar-refractivity contribution is 5.91. The van der Waals surface area contributed by atoms with Crippen molar-refractivity contribution in [2.24, 2.45) is 0 Å². The number of carbonyl (C=O) groups excluding carboxylic acids is 2. The number of rotatable bonds is 13. The molecule has 15 heteroatoms. The van der Waals surface area contributed by atoms with Gasteiger partial charge in [-0.15, -0.1) is 0 Å². The Morgan fingerprint density at radius 1 is 0.702 bits per heavy atom. The molecule has 0 spiro atoms. The van der Waals surface area contributed by atoms with Crippen LogP contribution in [0.5, 0.6) is 40.2 Å². The van der Waals surface area contributed by atoms with Crippen LogP contribution in [-0.4, -0.2) is 106 Å². The zero-order chi connectivity index (χ0) is 34.4. The monoisotopic (exact) mass is 660 g/mol. The van der Waals surface area contributed by atoms with Crippen LogP contribution < -0.4 is 0 Å². The Kier molecular flexibility index (Phi) is 11.3. The van der Waals surface area contributed by atoms with Crippen molar-refractivity contribution in [3.63, 3.8) is 0 Å². The Morgan fingerprint density at radius 2 is 1.28 bits per heavy atom. The van der Waals surface area contributed by atoms with Crippen LogP contribution in [0.1, 0.15) is 40.7 Å². The second kappa shape index (κ2) is 15.2. The van der Waals surface area contributed by atoms with Gasteiger partial charge < -0.3 is 65.3 Å². The van der Waals surface area contributed by atoms with Gasteiger partial charge in [0.15, 0.2) is 46.5 Å². The van der Waals surface area contributed by atoms with Crippen molar-refractivity contribution >= 4 is 11.8 Å². The minimum Gasteiger partial charge on any atom is -0.504 e. The van der Waals surface area contributed by atoms with E-state index >= 15 is 0 Å². The molecule has 0 aromatic heterocycles. The molecule has 4 rings (SSSR count). The lowest BCUT2D eigenvalue weighted by molar-refractivity contribution is -0.311. The first kappa shape index (κ1) is 35.1. The van der Waals surface area contributed by atoms with Crippen molar-refractivity contribution in [2.75, 3.05) is 6.61 Å². The molecule has 1 heterocycles. The summed E-state index contributed by atoms with van der Waals surface area (Å²) in [7, 11) is 0. The lowest BCUT2D eigenvalue weighted by Gasteiger charge is -2.41. The summed E-state index contributed by atoms with van der Waals surface area (Å²) in [5.41, 5.74) is 0.819. The molecule has 3 aromatic rings. The highest BCUT2D eigenvalue weighted by Gasteiger charge is 2.45. The zero-order valence-electron chi connectivity index (χ0n) is 24.8. The number of aliphatic hydroxyl groups is 3. The summed E-state index contributed by atoms with van der Waals surface area (Å²) in [6.45, 7) is -0.679. The lowest BCUT2D eigenvalue weighted by Crippen LogP contribution is -2.60. The van der Waals surface area contributed by atoms with Gasteiger partial charge in [-0.05, 0) is 66.8 Å². The van der Waals surface area contributed by atoms with Gasteiger partial charge in [0.05, 0.1) is 11.7 Å². The third-order valence-electron chi connectivity index (χ3n) is 7.66. The van der Waals surface area contributed by atoms with E-state index in [1.54, 1.807) is 12.1 Å². The molecule has 0 unspecified atom stereocenters. The molecule has 1 fully saturated rings. The van der Waals surface area contributed by atoms with Crippen LogP contribution in [0.15, 0.2) is 48.5 Å². The van der Waals surface area contributed by atoms with Gasteiger partial charge >= 0.3 is 5.97 Å². The summed E-state index contributed by atoms with van der Waals surface area (Å²) in [4.78, 5) is 25.5. The fraction of sp³-hybridized carbons (Fsp3) is 0.375. The summed E-state index contributed by atoms with van der Waals surface area (Å²) in [6.07, 6.45) is -8.96. The van der Waals surface area contributed by atoms with Gasteiger partial charge in [0.2, 0.25) is 0 Å². The second-order valence-corrected chi connectivity index (χ2v) is 11.2. The van der Waals surface area contributed by atoms with E-state index in [0.717, 1.165) is 12.1 Å². The summed E-state index contributed by atoms with van der Waals surface area (Å²) < 4.78 is 16.7. The Morgan fingerprint density at radius 3 is 1.85 bits per heavy atom. The molecule has 3 aromatic carbocycles. The average Bonchev–Trinajstić information content (AvgIpc) is 3.03. The topological polar surface area (TPSA) is 264 Å². The van der Waals surface area contributed by atoms with E-state index < -0.39 is 66.6 Å². The first-order valence-electron chi connectivity index (χ1n) is 14.5. The fourth-order valence-electron chi connectivity index (χ4n) is 4.95. The lowest BCUT2D eigenvalue weighted by atomic mass is 9.97. The maximum Gasteiger partial charge on any atom is 0.338 e. The van der Waals surface area contributed by atoms with Crippen LogP contribution in [0, 0.1) is 0 Å². The van der Waals surface area contributed by atoms with Gasteiger partial charge in [-0.25, -0.2) is 4.79 Å². The largest absolute Gasteiger partial charge is 0.504 e. The number of Topliss-reactive ketones (excluding diaryl/α,β-unsaturated/α-hetero) is 1. The Balaban J connectivity index is 1.44. The van der Waals surface area contributed by atoms with Crippen LogP contribution in [0.25, 0.3) is 0 Å². The summed E-state index contributed by atoms with van der Waals surface area (Å²) in [5.74, 6) is -5.12. The minimum atomic E-state index is -1.83. The summed E-state index contributed by atoms with van der Waals surface area (Å²) in [6, 6.07) is 10.0. The van der Waals surface area contributed by atoms with Gasteiger partial charge in [0, 0.05) is 12.8 Å². The van der Waals surface area contributed by atoms with E-state index in [1.165, 1.54) is 24.3 Å². The molecule has 0 aliphatic carbocycles. The van der Waals surface area contributed by atoms with Crippen molar-refractivity contribution in [2.45, 2.75) is 68.9 Å². The number of phenolic OH excluding ortho intramolecular Hbond substituents is 7. The van der Waals surface area contributed by atoms with Crippen molar-refractivity contribution < 1.29 is 74.9 Å². The molecular weight excluding hydrogens is 624 g/mol. The SMILES string of the molecule is O=C(CCc1ccc(O)c(O)c1)C[C@H](CCc1ccc(O)c(O)c1)O[C@@H]1O[C@H](COC(=O)c2cc(O)c(O)c(O)c2)[C@@H](O)[C@H](O)[C@H]1O. The van der Waals surface area contributed by atoms with Crippen LogP contribution >= 0.6 is 0 Å². The van der Waals surface area contributed by atoms with Gasteiger partial charge in [-0.1, -0.05) is 12.1 Å². The van der Waals surface area contributed by atoms with E-state index in [1.807, 2.05) is 0 Å². The van der Waals surface area contributed by atoms with Crippen LogP contribution in [-0.2, 0) is 31.8 Å². The fourth-order valence-corrected chi connectivity index (χ4v) is 4.95. The molecule has 10 N–H and O–H groups in total. The van der Waals surface area contributed by atoms with Crippen molar-refractivity contribution in [3.8, 4) is 40.2 Å². The van der Waals surface area contributed by atoms with E-state index in [4.69, 9.17) is 14.2 Å². The Bertz CT molecular complexity index is 1550. The quantitative estimate of drug-likeness (QED) is 0.0912. The predicted octanol–water partition coefficient (Wildman–Crippen LogP) is 1.20. The van der Waals surface area contributed by atoms with Gasteiger partial charge in [-0.2, -0.15) is 0 Å². The van der Waals surface area contributed by atoms with Crippen LogP contribution in [0.3, 0.4) is 0 Å².